The van der Waals surface area contributed by atoms with Gasteiger partial charge < -0.3 is 9.84 Å². The fourth-order valence-electron chi connectivity index (χ4n) is 2.58. The van der Waals surface area contributed by atoms with Crippen molar-refractivity contribution in [1.82, 2.24) is 4.90 Å². The Balaban J connectivity index is 1.85. The van der Waals surface area contributed by atoms with Gasteiger partial charge in [0.25, 0.3) is 0 Å². The molecule has 0 bridgehead atoms. The van der Waals surface area contributed by atoms with Crippen LogP contribution in [0.5, 0.6) is 0 Å². The van der Waals surface area contributed by atoms with E-state index in [1.54, 1.807) is 0 Å². The second kappa shape index (κ2) is 6.88. The molecule has 1 saturated heterocycles. The minimum atomic E-state index is 0.119. The molecule has 2 rings (SSSR count). The number of ether oxygens (including phenoxy) is 1. The smallest absolute Gasteiger partial charge is 0.0703 e. The van der Waals surface area contributed by atoms with Gasteiger partial charge in [0.05, 0.1) is 19.3 Å². The minimum absolute atomic E-state index is 0.119. The molecule has 3 heteroatoms. The Kier molecular flexibility index (Phi) is 5.17. The molecule has 100 valence electrons. The molecule has 18 heavy (non-hydrogen) atoms. The van der Waals surface area contributed by atoms with Gasteiger partial charge in [-0.1, -0.05) is 29.8 Å². The van der Waals surface area contributed by atoms with Crippen LogP contribution in [0.3, 0.4) is 0 Å². The van der Waals surface area contributed by atoms with E-state index in [9.17, 15) is 0 Å². The van der Waals surface area contributed by atoms with Crippen LogP contribution in [-0.4, -0.2) is 42.4 Å². The SMILES string of the molecule is Cc1cccc(CN2CCCC(OCCO)C2)c1. The summed E-state index contributed by atoms with van der Waals surface area (Å²) < 4.78 is 5.63. The zero-order valence-electron chi connectivity index (χ0n) is 11.1. The molecule has 3 nitrogen and oxygen atoms in total. The Morgan fingerprint density at radius 1 is 1.44 bits per heavy atom. The number of aliphatic hydroxyl groups excluding tert-OH is 1. The van der Waals surface area contributed by atoms with Gasteiger partial charge in [0.1, 0.15) is 0 Å². The van der Waals surface area contributed by atoms with Crippen molar-refractivity contribution in [3.8, 4) is 0 Å². The monoisotopic (exact) mass is 249 g/mol. The molecule has 1 atom stereocenters. The third kappa shape index (κ3) is 4.09. The summed E-state index contributed by atoms with van der Waals surface area (Å²) in [6.45, 7) is 5.84. The Morgan fingerprint density at radius 2 is 2.33 bits per heavy atom. The first-order chi connectivity index (χ1) is 8.78. The minimum Gasteiger partial charge on any atom is -0.394 e. The third-order valence-electron chi connectivity index (χ3n) is 3.40. The van der Waals surface area contributed by atoms with E-state index in [1.165, 1.54) is 17.5 Å². The molecule has 1 aliphatic rings. The van der Waals surface area contributed by atoms with Crippen molar-refractivity contribution in [3.63, 3.8) is 0 Å². The van der Waals surface area contributed by atoms with Gasteiger partial charge in [0.15, 0.2) is 0 Å². The van der Waals surface area contributed by atoms with Gasteiger partial charge in [0, 0.05) is 13.1 Å². The number of nitrogens with zero attached hydrogens (tertiary/aromatic N) is 1. The number of hydrogen-bond donors (Lipinski definition) is 1. The molecule has 1 aliphatic heterocycles. The topological polar surface area (TPSA) is 32.7 Å². The largest absolute Gasteiger partial charge is 0.394 e. The molecule has 1 heterocycles. The van der Waals surface area contributed by atoms with Crippen LogP contribution in [0.1, 0.15) is 24.0 Å². The van der Waals surface area contributed by atoms with Gasteiger partial charge in [-0.2, -0.15) is 0 Å². The Morgan fingerprint density at radius 3 is 3.11 bits per heavy atom. The van der Waals surface area contributed by atoms with Crippen molar-refractivity contribution in [2.45, 2.75) is 32.4 Å². The molecule has 0 spiro atoms. The van der Waals surface area contributed by atoms with Gasteiger partial charge >= 0.3 is 0 Å². The summed E-state index contributed by atoms with van der Waals surface area (Å²) in [4.78, 5) is 2.44. The molecule has 0 aliphatic carbocycles. The summed E-state index contributed by atoms with van der Waals surface area (Å²) >= 11 is 0. The lowest BCUT2D eigenvalue weighted by atomic mass is 10.1. The summed E-state index contributed by atoms with van der Waals surface area (Å²) in [5.41, 5.74) is 2.69. The Hall–Kier alpha value is -0.900. The maximum absolute atomic E-state index is 8.79. The quantitative estimate of drug-likeness (QED) is 0.866. The van der Waals surface area contributed by atoms with Crippen LogP contribution >= 0.6 is 0 Å². The fraction of sp³-hybridized carbons (Fsp3) is 0.600. The number of rotatable bonds is 5. The van der Waals surface area contributed by atoms with Gasteiger partial charge in [-0.05, 0) is 31.9 Å². The molecular weight excluding hydrogens is 226 g/mol. The summed E-state index contributed by atoms with van der Waals surface area (Å²) in [7, 11) is 0. The maximum atomic E-state index is 8.79. The van der Waals surface area contributed by atoms with Crippen LogP contribution in [0.2, 0.25) is 0 Å². The van der Waals surface area contributed by atoms with Crippen LogP contribution < -0.4 is 0 Å². The van der Waals surface area contributed by atoms with Crippen molar-refractivity contribution in [3.05, 3.63) is 35.4 Å². The zero-order chi connectivity index (χ0) is 12.8. The molecular formula is C15H23NO2. The predicted octanol–water partition coefficient (Wildman–Crippen LogP) is 1.97. The number of piperidine rings is 1. The highest BCUT2D eigenvalue weighted by Gasteiger charge is 2.20. The molecule has 1 unspecified atom stereocenters. The van der Waals surface area contributed by atoms with Crippen LogP contribution in [0, 0.1) is 6.92 Å². The van der Waals surface area contributed by atoms with Gasteiger partial charge in [-0.15, -0.1) is 0 Å². The highest BCUT2D eigenvalue weighted by Crippen LogP contribution is 2.16. The molecule has 0 saturated carbocycles. The summed E-state index contributed by atoms with van der Waals surface area (Å²) in [6, 6.07) is 8.69. The van der Waals surface area contributed by atoms with Gasteiger partial charge in [-0.25, -0.2) is 0 Å². The molecule has 1 fully saturated rings. The van der Waals surface area contributed by atoms with Crippen LogP contribution in [0.15, 0.2) is 24.3 Å². The van der Waals surface area contributed by atoms with Crippen molar-refractivity contribution >= 4 is 0 Å². The highest BCUT2D eigenvalue weighted by molar-refractivity contribution is 5.22. The summed E-state index contributed by atoms with van der Waals surface area (Å²) in [5.74, 6) is 0. The van der Waals surface area contributed by atoms with E-state index in [2.05, 4.69) is 36.1 Å². The second-order valence-corrected chi connectivity index (χ2v) is 5.08. The fourth-order valence-corrected chi connectivity index (χ4v) is 2.58. The predicted molar refractivity (Wildman–Crippen MR) is 72.5 cm³/mol. The Labute approximate surface area is 109 Å². The molecule has 1 N–H and O–H groups in total. The lowest BCUT2D eigenvalue weighted by Gasteiger charge is -2.32. The van der Waals surface area contributed by atoms with E-state index in [1.807, 2.05) is 0 Å². The van der Waals surface area contributed by atoms with E-state index in [-0.39, 0.29) is 12.7 Å². The molecule has 0 amide bonds. The normalized spacial score (nSPS) is 21.1. The lowest BCUT2D eigenvalue weighted by Crippen LogP contribution is -2.39. The average molecular weight is 249 g/mol. The summed E-state index contributed by atoms with van der Waals surface area (Å²) in [5, 5.41) is 8.79. The van der Waals surface area contributed by atoms with E-state index >= 15 is 0 Å². The van der Waals surface area contributed by atoms with E-state index in [0.717, 1.165) is 26.1 Å². The molecule has 0 aromatic heterocycles. The van der Waals surface area contributed by atoms with Crippen molar-refractivity contribution in [2.24, 2.45) is 0 Å². The number of aryl methyl sites for hydroxylation is 1. The molecule has 1 aromatic rings. The van der Waals surface area contributed by atoms with E-state index < -0.39 is 0 Å². The first-order valence-electron chi connectivity index (χ1n) is 6.78. The van der Waals surface area contributed by atoms with Crippen molar-refractivity contribution in [2.75, 3.05) is 26.3 Å². The van der Waals surface area contributed by atoms with Gasteiger partial charge in [-0.3, -0.25) is 4.90 Å². The lowest BCUT2D eigenvalue weighted by molar-refractivity contribution is -0.0163. The standard InChI is InChI=1S/C15H23NO2/c1-13-4-2-5-14(10-13)11-16-7-3-6-15(12-16)18-9-8-17/h2,4-5,10,15,17H,3,6-9,11-12H2,1H3. The van der Waals surface area contributed by atoms with E-state index in [0.29, 0.717) is 6.61 Å². The van der Waals surface area contributed by atoms with Crippen LogP contribution in [0.25, 0.3) is 0 Å². The van der Waals surface area contributed by atoms with E-state index in [4.69, 9.17) is 9.84 Å². The second-order valence-electron chi connectivity index (χ2n) is 5.08. The Bertz CT molecular complexity index is 367. The first kappa shape index (κ1) is 13.5. The number of likely N-dealkylation sites (tertiary alicyclic amines) is 1. The molecule has 0 radical (unpaired) electrons. The number of hydrogen-bond acceptors (Lipinski definition) is 3. The third-order valence-corrected chi connectivity index (χ3v) is 3.40. The van der Waals surface area contributed by atoms with Crippen LogP contribution in [-0.2, 0) is 11.3 Å². The van der Waals surface area contributed by atoms with Gasteiger partial charge in [0.2, 0.25) is 0 Å². The highest BCUT2D eigenvalue weighted by atomic mass is 16.5. The van der Waals surface area contributed by atoms with Crippen molar-refractivity contribution < 1.29 is 9.84 Å². The zero-order valence-corrected chi connectivity index (χ0v) is 11.1. The number of benzene rings is 1. The van der Waals surface area contributed by atoms with Crippen LogP contribution in [0.4, 0.5) is 0 Å². The summed E-state index contributed by atoms with van der Waals surface area (Å²) in [6.07, 6.45) is 2.59. The average Bonchev–Trinajstić information content (AvgIpc) is 2.37. The maximum Gasteiger partial charge on any atom is 0.0703 e. The number of aliphatic hydroxyl groups is 1. The van der Waals surface area contributed by atoms with Crippen molar-refractivity contribution in [1.29, 1.82) is 0 Å². The molecule has 1 aromatic carbocycles. The first-order valence-corrected chi connectivity index (χ1v) is 6.78.